The van der Waals surface area contributed by atoms with E-state index in [1.807, 2.05) is 0 Å². The van der Waals surface area contributed by atoms with Gasteiger partial charge in [-0.2, -0.15) is 0 Å². The number of rotatable bonds is 3. The summed E-state index contributed by atoms with van der Waals surface area (Å²) in [6, 6.07) is 0. The lowest BCUT2D eigenvalue weighted by molar-refractivity contribution is 0.260. The van der Waals surface area contributed by atoms with Crippen molar-refractivity contribution in [3.05, 3.63) is 11.0 Å². The average Bonchev–Trinajstić information content (AvgIpc) is 2.06. The Morgan fingerprint density at radius 1 is 1.50 bits per heavy atom. The maximum atomic E-state index is 3.35. The largest absolute Gasteiger partial charge is 0.314 e. The van der Waals surface area contributed by atoms with Gasteiger partial charge >= 0.3 is 0 Å². The van der Waals surface area contributed by atoms with Crippen LogP contribution in [0.3, 0.4) is 0 Å². The molecule has 0 aromatic heterocycles. The topological polar surface area (TPSA) is 15.3 Å². The van der Waals surface area contributed by atoms with Crippen molar-refractivity contribution in [1.82, 2.24) is 10.2 Å². The van der Waals surface area contributed by atoms with E-state index < -0.39 is 0 Å². The van der Waals surface area contributed by atoms with E-state index in [0.717, 1.165) is 19.6 Å². The first-order valence-electron chi connectivity index (χ1n) is 4.44. The number of nitrogens with one attached hydrogen (secondary N) is 1. The highest BCUT2D eigenvalue weighted by molar-refractivity contribution is 8.01. The zero-order chi connectivity index (χ0) is 8.81. The third-order valence-electron chi connectivity index (χ3n) is 2.00. The van der Waals surface area contributed by atoms with Gasteiger partial charge in [0.05, 0.1) is 0 Å². The van der Waals surface area contributed by atoms with Gasteiger partial charge in [-0.3, -0.25) is 4.90 Å². The molecule has 70 valence electrons. The van der Waals surface area contributed by atoms with E-state index >= 15 is 0 Å². The van der Waals surface area contributed by atoms with Crippen molar-refractivity contribution in [3.8, 4) is 0 Å². The van der Waals surface area contributed by atoms with Gasteiger partial charge in [0.25, 0.3) is 0 Å². The number of piperazine rings is 1. The van der Waals surface area contributed by atoms with E-state index in [1.165, 1.54) is 18.7 Å². The van der Waals surface area contributed by atoms with E-state index in [2.05, 4.69) is 28.8 Å². The van der Waals surface area contributed by atoms with E-state index in [4.69, 9.17) is 0 Å². The summed E-state index contributed by atoms with van der Waals surface area (Å²) in [5.41, 5.74) is 1.48. The van der Waals surface area contributed by atoms with Crippen molar-refractivity contribution in [3.63, 3.8) is 0 Å². The van der Waals surface area contributed by atoms with Crippen LogP contribution in [0.25, 0.3) is 0 Å². The normalized spacial score (nSPS) is 21.3. The summed E-state index contributed by atoms with van der Waals surface area (Å²) in [6.45, 7) is 8.03. The molecule has 0 atom stereocenters. The first-order valence-corrected chi connectivity index (χ1v) is 5.73. The Hall–Kier alpha value is 0.01000. The molecule has 0 aromatic carbocycles. The van der Waals surface area contributed by atoms with Gasteiger partial charge in [-0.1, -0.05) is 5.57 Å². The lowest BCUT2D eigenvalue weighted by atomic mass is 10.3. The first-order chi connectivity index (χ1) is 5.83. The van der Waals surface area contributed by atoms with Crippen molar-refractivity contribution in [2.24, 2.45) is 0 Å². The molecule has 12 heavy (non-hydrogen) atoms. The van der Waals surface area contributed by atoms with E-state index in [1.54, 1.807) is 11.8 Å². The molecule has 1 aliphatic heterocycles. The molecule has 0 spiro atoms. The average molecular weight is 186 g/mol. The fraction of sp³-hybridized carbons (Fsp3) is 0.778. The Morgan fingerprint density at radius 3 is 2.75 bits per heavy atom. The van der Waals surface area contributed by atoms with Crippen LogP contribution in [0.1, 0.15) is 6.92 Å². The Morgan fingerprint density at radius 2 is 2.17 bits per heavy atom. The van der Waals surface area contributed by atoms with Gasteiger partial charge < -0.3 is 5.32 Å². The van der Waals surface area contributed by atoms with Gasteiger partial charge in [-0.15, -0.1) is 11.8 Å². The summed E-state index contributed by atoms with van der Waals surface area (Å²) in [6.07, 6.45) is 2.11. The minimum atomic E-state index is 1.14. The summed E-state index contributed by atoms with van der Waals surface area (Å²) >= 11 is 1.79. The van der Waals surface area contributed by atoms with Crippen molar-refractivity contribution in [1.29, 1.82) is 0 Å². The molecule has 0 bridgehead atoms. The van der Waals surface area contributed by atoms with Crippen LogP contribution in [-0.4, -0.2) is 43.9 Å². The molecule has 1 aliphatic rings. The zero-order valence-electron chi connectivity index (χ0n) is 7.97. The standard InChI is InChI=1S/C9H18N2S/c1-9(8-12-2)7-11-5-3-10-4-6-11/h8,10H,3-7H2,1-2H3. The Balaban J connectivity index is 2.24. The minimum Gasteiger partial charge on any atom is -0.314 e. The molecule has 1 heterocycles. The van der Waals surface area contributed by atoms with Gasteiger partial charge in [0, 0.05) is 32.7 Å². The predicted molar refractivity (Wildman–Crippen MR) is 56.6 cm³/mol. The summed E-state index contributed by atoms with van der Waals surface area (Å²) in [7, 11) is 0. The van der Waals surface area contributed by atoms with Gasteiger partial charge in [-0.05, 0) is 18.6 Å². The van der Waals surface area contributed by atoms with Crippen LogP contribution in [-0.2, 0) is 0 Å². The Bertz CT molecular complexity index is 151. The molecule has 0 aromatic rings. The Kier molecular flexibility index (Phi) is 4.73. The number of thioether (sulfide) groups is 1. The monoisotopic (exact) mass is 186 g/mol. The molecular formula is C9H18N2S. The molecule has 1 saturated heterocycles. The fourth-order valence-electron chi connectivity index (χ4n) is 1.46. The summed E-state index contributed by atoms with van der Waals surface area (Å²) < 4.78 is 0. The van der Waals surface area contributed by atoms with Gasteiger partial charge in [-0.25, -0.2) is 0 Å². The third kappa shape index (κ3) is 3.61. The number of hydrogen-bond acceptors (Lipinski definition) is 3. The van der Waals surface area contributed by atoms with E-state index in [0.29, 0.717) is 0 Å². The third-order valence-corrected chi connectivity index (χ3v) is 2.64. The number of hydrogen-bond donors (Lipinski definition) is 1. The zero-order valence-corrected chi connectivity index (χ0v) is 8.78. The SMILES string of the molecule is CSC=C(C)CN1CCNCC1. The van der Waals surface area contributed by atoms with Gasteiger partial charge in [0.1, 0.15) is 0 Å². The second-order valence-electron chi connectivity index (χ2n) is 3.23. The molecule has 1 N–H and O–H groups in total. The van der Waals surface area contributed by atoms with Gasteiger partial charge in [0.15, 0.2) is 0 Å². The fourth-order valence-corrected chi connectivity index (χ4v) is 1.94. The summed E-state index contributed by atoms with van der Waals surface area (Å²) in [5, 5.41) is 5.59. The van der Waals surface area contributed by atoms with E-state index in [-0.39, 0.29) is 0 Å². The van der Waals surface area contributed by atoms with Crippen LogP contribution in [0, 0.1) is 0 Å². The van der Waals surface area contributed by atoms with Crippen LogP contribution >= 0.6 is 11.8 Å². The molecule has 2 nitrogen and oxygen atoms in total. The molecule has 0 amide bonds. The van der Waals surface area contributed by atoms with Crippen molar-refractivity contribution < 1.29 is 0 Å². The lowest BCUT2D eigenvalue weighted by Gasteiger charge is -2.27. The maximum absolute atomic E-state index is 3.35. The molecule has 3 heteroatoms. The highest BCUT2D eigenvalue weighted by atomic mass is 32.2. The molecule has 1 fully saturated rings. The smallest absolute Gasteiger partial charge is 0.0199 e. The molecule has 0 saturated carbocycles. The molecule has 0 unspecified atom stereocenters. The quantitative estimate of drug-likeness (QED) is 0.712. The highest BCUT2D eigenvalue weighted by Crippen LogP contribution is 2.05. The van der Waals surface area contributed by atoms with Crippen LogP contribution in [0.15, 0.2) is 11.0 Å². The predicted octanol–water partition coefficient (Wildman–Crippen LogP) is 1.16. The molecule has 0 aliphatic carbocycles. The van der Waals surface area contributed by atoms with Crippen LogP contribution in [0.2, 0.25) is 0 Å². The first kappa shape index (κ1) is 10.1. The second kappa shape index (κ2) is 5.62. The molecule has 1 rings (SSSR count). The van der Waals surface area contributed by atoms with Crippen molar-refractivity contribution in [2.45, 2.75) is 6.92 Å². The Labute approximate surface area is 79.4 Å². The highest BCUT2D eigenvalue weighted by Gasteiger charge is 2.08. The van der Waals surface area contributed by atoms with Crippen LogP contribution in [0.4, 0.5) is 0 Å². The van der Waals surface area contributed by atoms with E-state index in [9.17, 15) is 0 Å². The molecule has 0 radical (unpaired) electrons. The van der Waals surface area contributed by atoms with Crippen LogP contribution in [0.5, 0.6) is 0 Å². The summed E-state index contributed by atoms with van der Waals surface area (Å²) in [4.78, 5) is 2.50. The van der Waals surface area contributed by atoms with Crippen LogP contribution < -0.4 is 5.32 Å². The number of nitrogens with zero attached hydrogens (tertiary/aromatic N) is 1. The minimum absolute atomic E-state index is 1.14. The lowest BCUT2D eigenvalue weighted by Crippen LogP contribution is -2.43. The van der Waals surface area contributed by atoms with Gasteiger partial charge in [0.2, 0.25) is 0 Å². The van der Waals surface area contributed by atoms with Crippen molar-refractivity contribution >= 4 is 11.8 Å². The maximum Gasteiger partial charge on any atom is 0.0199 e. The van der Waals surface area contributed by atoms with Crippen molar-refractivity contribution in [2.75, 3.05) is 39.0 Å². The second-order valence-corrected chi connectivity index (χ2v) is 3.93. The summed E-state index contributed by atoms with van der Waals surface area (Å²) in [5.74, 6) is 0. The molecular weight excluding hydrogens is 168 g/mol.